The molecular formula is C25H29N3O2. The number of carbonyl (C=O) groups is 2. The van der Waals surface area contributed by atoms with Crippen molar-refractivity contribution in [2.45, 2.75) is 47.5 Å². The molecule has 0 saturated carbocycles. The molecule has 0 saturated heterocycles. The van der Waals surface area contributed by atoms with Crippen LogP contribution in [0.4, 0.5) is 5.69 Å². The number of hydrogen-bond donors (Lipinski definition) is 1. The SMILES string of the molecule is Cc1ccccc1C(=O)Nc1ccc(C(=O)n2nc(C)c(CCC(C)C)c2C)cc1. The second-order valence-electron chi connectivity index (χ2n) is 8.15. The summed E-state index contributed by atoms with van der Waals surface area (Å²) in [6.45, 7) is 10.2. The average molecular weight is 404 g/mol. The molecule has 0 bridgehead atoms. The monoisotopic (exact) mass is 403 g/mol. The molecule has 0 unspecified atom stereocenters. The normalized spacial score (nSPS) is 11.0. The Balaban J connectivity index is 1.75. The average Bonchev–Trinajstić information content (AvgIpc) is 3.00. The first-order valence-corrected chi connectivity index (χ1v) is 10.3. The Morgan fingerprint density at radius 1 is 1.00 bits per heavy atom. The van der Waals surface area contributed by atoms with Gasteiger partial charge in [0.15, 0.2) is 0 Å². The summed E-state index contributed by atoms with van der Waals surface area (Å²) in [5.41, 5.74) is 5.68. The Hall–Kier alpha value is -3.21. The molecule has 0 radical (unpaired) electrons. The Morgan fingerprint density at radius 2 is 1.67 bits per heavy atom. The topological polar surface area (TPSA) is 64.0 Å². The highest BCUT2D eigenvalue weighted by Gasteiger charge is 2.18. The molecule has 1 N–H and O–H groups in total. The molecule has 3 aromatic rings. The van der Waals surface area contributed by atoms with Gasteiger partial charge in [-0.05, 0) is 81.0 Å². The molecule has 0 aliphatic carbocycles. The third kappa shape index (κ3) is 4.67. The summed E-state index contributed by atoms with van der Waals surface area (Å²) in [5, 5.41) is 7.37. The van der Waals surface area contributed by atoms with Gasteiger partial charge in [-0.2, -0.15) is 5.10 Å². The molecule has 0 fully saturated rings. The molecule has 3 rings (SSSR count). The Labute approximate surface area is 178 Å². The lowest BCUT2D eigenvalue weighted by molar-refractivity contribution is 0.0941. The molecule has 156 valence electrons. The van der Waals surface area contributed by atoms with Gasteiger partial charge >= 0.3 is 0 Å². The van der Waals surface area contributed by atoms with Crippen LogP contribution in [0.2, 0.25) is 0 Å². The first-order chi connectivity index (χ1) is 14.3. The van der Waals surface area contributed by atoms with Crippen LogP contribution in [0.5, 0.6) is 0 Å². The quantitative estimate of drug-likeness (QED) is 0.604. The van der Waals surface area contributed by atoms with E-state index < -0.39 is 0 Å². The van der Waals surface area contributed by atoms with E-state index in [9.17, 15) is 9.59 Å². The summed E-state index contributed by atoms with van der Waals surface area (Å²) in [7, 11) is 0. The fourth-order valence-corrected chi connectivity index (χ4v) is 3.51. The van der Waals surface area contributed by atoms with Crippen molar-refractivity contribution in [1.82, 2.24) is 9.78 Å². The molecule has 2 aromatic carbocycles. The van der Waals surface area contributed by atoms with Gasteiger partial charge in [-0.1, -0.05) is 32.0 Å². The maximum absolute atomic E-state index is 13.0. The highest BCUT2D eigenvalue weighted by Crippen LogP contribution is 2.20. The van der Waals surface area contributed by atoms with Gasteiger partial charge in [-0.3, -0.25) is 9.59 Å². The number of hydrogen-bond acceptors (Lipinski definition) is 3. The molecule has 1 amide bonds. The highest BCUT2D eigenvalue weighted by molar-refractivity contribution is 6.05. The summed E-state index contributed by atoms with van der Waals surface area (Å²) in [6, 6.07) is 14.4. The van der Waals surface area contributed by atoms with Gasteiger partial charge < -0.3 is 5.32 Å². The second-order valence-corrected chi connectivity index (χ2v) is 8.15. The van der Waals surface area contributed by atoms with E-state index in [0.717, 1.165) is 35.4 Å². The van der Waals surface area contributed by atoms with Crippen LogP contribution in [0.3, 0.4) is 0 Å². The Kier molecular flexibility index (Phi) is 6.50. The number of amides is 1. The van der Waals surface area contributed by atoms with Crippen molar-refractivity contribution in [2.24, 2.45) is 5.92 Å². The van der Waals surface area contributed by atoms with Gasteiger partial charge in [0.1, 0.15) is 0 Å². The van der Waals surface area contributed by atoms with Gasteiger partial charge in [-0.15, -0.1) is 0 Å². The van der Waals surface area contributed by atoms with E-state index in [1.807, 2.05) is 39.0 Å². The third-order valence-electron chi connectivity index (χ3n) is 5.38. The number of anilines is 1. The van der Waals surface area contributed by atoms with E-state index in [4.69, 9.17) is 0 Å². The van der Waals surface area contributed by atoms with E-state index in [1.54, 1.807) is 30.3 Å². The molecule has 30 heavy (non-hydrogen) atoms. The number of rotatable bonds is 6. The van der Waals surface area contributed by atoms with E-state index in [-0.39, 0.29) is 11.8 Å². The van der Waals surface area contributed by atoms with Crippen LogP contribution in [-0.4, -0.2) is 21.6 Å². The van der Waals surface area contributed by atoms with Crippen molar-refractivity contribution in [1.29, 1.82) is 0 Å². The summed E-state index contributed by atoms with van der Waals surface area (Å²) in [4.78, 5) is 25.5. The zero-order valence-electron chi connectivity index (χ0n) is 18.3. The van der Waals surface area contributed by atoms with Crippen LogP contribution in [-0.2, 0) is 6.42 Å². The molecule has 5 heteroatoms. The zero-order valence-corrected chi connectivity index (χ0v) is 18.3. The largest absolute Gasteiger partial charge is 0.322 e. The first-order valence-electron chi connectivity index (χ1n) is 10.3. The Bertz CT molecular complexity index is 1060. The molecule has 0 spiro atoms. The number of nitrogens with one attached hydrogen (secondary N) is 1. The van der Waals surface area contributed by atoms with Gasteiger partial charge in [0.25, 0.3) is 11.8 Å². The number of nitrogens with zero attached hydrogens (tertiary/aromatic N) is 2. The van der Waals surface area contributed by atoms with Gasteiger partial charge in [-0.25, -0.2) is 4.68 Å². The smallest absolute Gasteiger partial charge is 0.278 e. The van der Waals surface area contributed by atoms with Crippen molar-refractivity contribution in [3.05, 3.63) is 82.2 Å². The minimum absolute atomic E-state index is 0.164. The summed E-state index contributed by atoms with van der Waals surface area (Å²) in [6.07, 6.45) is 1.99. The van der Waals surface area contributed by atoms with E-state index in [1.165, 1.54) is 4.68 Å². The van der Waals surface area contributed by atoms with Crippen LogP contribution in [0.25, 0.3) is 0 Å². The van der Waals surface area contributed by atoms with Gasteiger partial charge in [0.2, 0.25) is 0 Å². The number of aryl methyl sites for hydroxylation is 2. The first kappa shape index (κ1) is 21.5. The number of aromatic nitrogens is 2. The van der Waals surface area contributed by atoms with Crippen molar-refractivity contribution in [2.75, 3.05) is 5.32 Å². The number of benzene rings is 2. The van der Waals surface area contributed by atoms with Crippen molar-refractivity contribution in [3.63, 3.8) is 0 Å². The summed E-state index contributed by atoms with van der Waals surface area (Å²) < 4.78 is 1.49. The van der Waals surface area contributed by atoms with Crippen molar-refractivity contribution in [3.8, 4) is 0 Å². The molecular weight excluding hydrogens is 374 g/mol. The molecule has 0 aliphatic heterocycles. The zero-order chi connectivity index (χ0) is 21.8. The molecule has 5 nitrogen and oxygen atoms in total. The number of carbonyl (C=O) groups excluding carboxylic acids is 2. The highest BCUT2D eigenvalue weighted by atomic mass is 16.2. The summed E-state index contributed by atoms with van der Waals surface area (Å²) in [5.74, 6) is 0.272. The fraction of sp³-hybridized carbons (Fsp3) is 0.320. The van der Waals surface area contributed by atoms with Crippen LogP contribution < -0.4 is 5.32 Å². The van der Waals surface area contributed by atoms with Crippen molar-refractivity contribution >= 4 is 17.5 Å². The van der Waals surface area contributed by atoms with E-state index in [2.05, 4.69) is 24.3 Å². The lowest BCUT2D eigenvalue weighted by atomic mass is 10.0. The molecule has 0 atom stereocenters. The minimum Gasteiger partial charge on any atom is -0.322 e. The fourth-order valence-electron chi connectivity index (χ4n) is 3.51. The molecule has 1 heterocycles. The minimum atomic E-state index is -0.166. The lowest BCUT2D eigenvalue weighted by Gasteiger charge is -2.09. The van der Waals surface area contributed by atoms with Crippen LogP contribution in [0.1, 0.15) is 63.5 Å². The van der Waals surface area contributed by atoms with E-state index >= 15 is 0 Å². The predicted octanol–water partition coefficient (Wildman–Crippen LogP) is 5.34. The van der Waals surface area contributed by atoms with E-state index in [0.29, 0.717) is 22.7 Å². The third-order valence-corrected chi connectivity index (χ3v) is 5.38. The standard InChI is InChI=1S/C25H29N3O2/c1-16(2)10-15-23-18(4)27-28(19(23)5)25(30)20-11-13-21(14-12-20)26-24(29)22-9-7-6-8-17(22)3/h6-9,11-14,16H,10,15H2,1-5H3,(H,26,29). The van der Waals surface area contributed by atoms with Crippen molar-refractivity contribution < 1.29 is 9.59 Å². The van der Waals surface area contributed by atoms with Gasteiger partial charge in [0, 0.05) is 22.5 Å². The molecule has 0 aliphatic rings. The molecule has 1 aromatic heterocycles. The lowest BCUT2D eigenvalue weighted by Crippen LogP contribution is -2.16. The van der Waals surface area contributed by atoms with Crippen LogP contribution in [0.15, 0.2) is 48.5 Å². The van der Waals surface area contributed by atoms with Gasteiger partial charge in [0.05, 0.1) is 5.69 Å². The summed E-state index contributed by atoms with van der Waals surface area (Å²) >= 11 is 0. The Morgan fingerprint density at radius 3 is 2.30 bits per heavy atom. The second kappa shape index (κ2) is 9.08. The predicted molar refractivity (Wildman–Crippen MR) is 120 cm³/mol. The maximum atomic E-state index is 13.0. The van der Waals surface area contributed by atoms with Crippen LogP contribution in [0, 0.1) is 26.7 Å². The maximum Gasteiger partial charge on any atom is 0.278 e. The van der Waals surface area contributed by atoms with Crippen LogP contribution >= 0.6 is 0 Å².